The van der Waals surface area contributed by atoms with E-state index in [0.29, 0.717) is 46.2 Å². The SMILES string of the molecule is CC(C)[C@H]1CC(O)[C@H]2[C@@H]3CCC4CC(=O)CC[C@]4(C)[C@H]3CC[C@]12C. The van der Waals surface area contributed by atoms with Crippen molar-refractivity contribution in [2.24, 2.45) is 46.3 Å². The smallest absolute Gasteiger partial charge is 0.133 e. The van der Waals surface area contributed by atoms with Crippen LogP contribution in [0.4, 0.5) is 0 Å². The predicted molar refractivity (Wildman–Crippen MR) is 96.5 cm³/mol. The van der Waals surface area contributed by atoms with E-state index in [-0.39, 0.29) is 6.10 Å². The van der Waals surface area contributed by atoms with Crippen molar-refractivity contribution in [3.8, 4) is 0 Å². The van der Waals surface area contributed by atoms with Crippen molar-refractivity contribution in [3.05, 3.63) is 0 Å². The molecule has 2 heteroatoms. The molecule has 24 heavy (non-hydrogen) atoms. The van der Waals surface area contributed by atoms with Crippen LogP contribution in [0, 0.1) is 46.3 Å². The number of hydrogen-bond donors (Lipinski definition) is 1. The Morgan fingerprint density at radius 3 is 2.54 bits per heavy atom. The predicted octanol–water partition coefficient (Wildman–Crippen LogP) is 4.84. The lowest BCUT2D eigenvalue weighted by Crippen LogP contribution is -2.55. The Kier molecular flexibility index (Phi) is 3.95. The molecule has 0 aromatic carbocycles. The van der Waals surface area contributed by atoms with Gasteiger partial charge in [0.05, 0.1) is 6.10 Å². The van der Waals surface area contributed by atoms with Gasteiger partial charge in [-0.25, -0.2) is 0 Å². The minimum atomic E-state index is -0.0967. The summed E-state index contributed by atoms with van der Waals surface area (Å²) in [6, 6.07) is 0. The van der Waals surface area contributed by atoms with E-state index in [4.69, 9.17) is 0 Å². The Hall–Kier alpha value is -0.370. The van der Waals surface area contributed by atoms with Gasteiger partial charge in [-0.3, -0.25) is 4.79 Å². The van der Waals surface area contributed by atoms with Gasteiger partial charge in [-0.15, -0.1) is 0 Å². The topological polar surface area (TPSA) is 37.3 Å². The molecule has 1 N–H and O–H groups in total. The van der Waals surface area contributed by atoms with Crippen LogP contribution in [0.25, 0.3) is 0 Å². The van der Waals surface area contributed by atoms with Crippen LogP contribution >= 0.6 is 0 Å². The molecule has 4 aliphatic rings. The summed E-state index contributed by atoms with van der Waals surface area (Å²) < 4.78 is 0. The van der Waals surface area contributed by atoms with Crippen molar-refractivity contribution in [2.75, 3.05) is 0 Å². The maximum Gasteiger partial charge on any atom is 0.133 e. The first kappa shape index (κ1) is 17.1. The fourth-order valence-electron chi connectivity index (χ4n) is 8.19. The average Bonchev–Trinajstić information content (AvgIpc) is 2.80. The van der Waals surface area contributed by atoms with Gasteiger partial charge in [-0.05, 0) is 84.9 Å². The molecule has 8 atom stereocenters. The van der Waals surface area contributed by atoms with Gasteiger partial charge in [0.2, 0.25) is 0 Å². The molecule has 0 spiro atoms. The van der Waals surface area contributed by atoms with Gasteiger partial charge in [-0.1, -0.05) is 27.7 Å². The number of fused-ring (bicyclic) bond motifs is 5. The van der Waals surface area contributed by atoms with Crippen LogP contribution in [0.5, 0.6) is 0 Å². The maximum atomic E-state index is 12.0. The zero-order valence-electron chi connectivity index (χ0n) is 16.1. The zero-order chi connectivity index (χ0) is 17.3. The Labute approximate surface area is 147 Å². The lowest BCUT2D eigenvalue weighted by molar-refractivity contribution is -0.146. The lowest BCUT2D eigenvalue weighted by Gasteiger charge is -2.60. The van der Waals surface area contributed by atoms with Crippen molar-refractivity contribution < 1.29 is 9.90 Å². The van der Waals surface area contributed by atoms with E-state index in [0.717, 1.165) is 31.6 Å². The summed E-state index contributed by atoms with van der Waals surface area (Å²) in [5.41, 5.74) is 0.691. The van der Waals surface area contributed by atoms with E-state index in [1.165, 1.54) is 25.7 Å². The summed E-state index contributed by atoms with van der Waals surface area (Å²) in [6.45, 7) is 9.68. The largest absolute Gasteiger partial charge is 0.393 e. The number of Topliss-reactive ketones (excluding diaryl/α,β-unsaturated/α-hetero) is 1. The fraction of sp³-hybridized carbons (Fsp3) is 0.955. The quantitative estimate of drug-likeness (QED) is 0.746. The highest BCUT2D eigenvalue weighted by atomic mass is 16.3. The maximum absolute atomic E-state index is 12.0. The van der Waals surface area contributed by atoms with E-state index < -0.39 is 0 Å². The second-order valence-electron chi connectivity index (χ2n) is 10.5. The molecule has 0 bridgehead atoms. The molecule has 4 saturated carbocycles. The molecule has 0 amide bonds. The highest BCUT2D eigenvalue weighted by Gasteiger charge is 2.62. The van der Waals surface area contributed by atoms with E-state index in [2.05, 4.69) is 27.7 Å². The molecule has 0 radical (unpaired) electrons. The van der Waals surface area contributed by atoms with Gasteiger partial charge in [0.1, 0.15) is 5.78 Å². The van der Waals surface area contributed by atoms with Crippen LogP contribution in [0.15, 0.2) is 0 Å². The van der Waals surface area contributed by atoms with Crippen molar-refractivity contribution in [1.29, 1.82) is 0 Å². The number of carbonyl (C=O) groups excluding carboxylic acids is 1. The summed E-state index contributed by atoms with van der Waals surface area (Å²) in [5.74, 6) is 4.39. The van der Waals surface area contributed by atoms with Crippen LogP contribution < -0.4 is 0 Å². The third kappa shape index (κ3) is 2.20. The monoisotopic (exact) mass is 332 g/mol. The summed E-state index contributed by atoms with van der Waals surface area (Å²) in [5, 5.41) is 11.0. The fourth-order valence-corrected chi connectivity index (χ4v) is 8.19. The van der Waals surface area contributed by atoms with Crippen molar-refractivity contribution in [2.45, 2.75) is 85.2 Å². The Morgan fingerprint density at radius 2 is 1.83 bits per heavy atom. The van der Waals surface area contributed by atoms with Gasteiger partial charge in [0.25, 0.3) is 0 Å². The standard InChI is InChI=1S/C22H36O2/c1-13(2)18-12-19(24)20-16-6-5-14-11-15(23)7-9-21(14,3)17(16)8-10-22(18,20)4/h13-14,16-20,24H,5-12H2,1-4H3/t14?,16-,17+,18-,19?,20-,21+,22-/m1/s1. The van der Waals surface area contributed by atoms with E-state index >= 15 is 0 Å². The molecule has 0 aliphatic heterocycles. The summed E-state index contributed by atoms with van der Waals surface area (Å²) >= 11 is 0. The van der Waals surface area contributed by atoms with Gasteiger partial charge >= 0.3 is 0 Å². The number of aliphatic hydroxyl groups is 1. The van der Waals surface area contributed by atoms with Crippen LogP contribution in [0.2, 0.25) is 0 Å². The van der Waals surface area contributed by atoms with Crippen LogP contribution in [0.3, 0.4) is 0 Å². The van der Waals surface area contributed by atoms with Crippen LogP contribution in [-0.2, 0) is 4.79 Å². The Bertz CT molecular complexity index is 526. The van der Waals surface area contributed by atoms with Crippen molar-refractivity contribution >= 4 is 5.78 Å². The molecule has 4 aliphatic carbocycles. The zero-order valence-corrected chi connectivity index (χ0v) is 16.1. The third-order valence-corrected chi connectivity index (χ3v) is 9.34. The number of carbonyl (C=O) groups is 1. The van der Waals surface area contributed by atoms with E-state index in [1.807, 2.05) is 0 Å². The number of ketones is 1. The van der Waals surface area contributed by atoms with Crippen molar-refractivity contribution in [3.63, 3.8) is 0 Å². The van der Waals surface area contributed by atoms with Gasteiger partial charge in [-0.2, -0.15) is 0 Å². The number of aliphatic hydroxyl groups excluding tert-OH is 1. The first-order valence-electron chi connectivity index (χ1n) is 10.5. The lowest BCUT2D eigenvalue weighted by atomic mass is 9.44. The van der Waals surface area contributed by atoms with Crippen LogP contribution in [0.1, 0.15) is 79.1 Å². The minimum Gasteiger partial charge on any atom is -0.393 e. The second-order valence-corrected chi connectivity index (χ2v) is 10.5. The molecule has 2 unspecified atom stereocenters. The normalized spacial score (nSPS) is 54.3. The van der Waals surface area contributed by atoms with Crippen molar-refractivity contribution in [1.82, 2.24) is 0 Å². The average molecular weight is 333 g/mol. The van der Waals surface area contributed by atoms with Gasteiger partial charge in [0, 0.05) is 12.8 Å². The summed E-state index contributed by atoms with van der Waals surface area (Å²) in [7, 11) is 0. The summed E-state index contributed by atoms with van der Waals surface area (Å²) in [4.78, 5) is 12.0. The number of hydrogen-bond acceptors (Lipinski definition) is 2. The molecular formula is C22H36O2. The van der Waals surface area contributed by atoms with Gasteiger partial charge < -0.3 is 5.11 Å². The molecule has 2 nitrogen and oxygen atoms in total. The Balaban J connectivity index is 1.65. The highest BCUT2D eigenvalue weighted by molar-refractivity contribution is 5.79. The highest BCUT2D eigenvalue weighted by Crippen LogP contribution is 2.67. The molecule has 136 valence electrons. The Morgan fingerprint density at radius 1 is 1.08 bits per heavy atom. The molecule has 4 rings (SSSR count). The molecule has 0 heterocycles. The van der Waals surface area contributed by atoms with E-state index in [1.54, 1.807) is 0 Å². The molecule has 0 saturated heterocycles. The molecule has 0 aromatic heterocycles. The third-order valence-electron chi connectivity index (χ3n) is 9.34. The summed E-state index contributed by atoms with van der Waals surface area (Å²) in [6.07, 6.45) is 8.74. The number of rotatable bonds is 1. The van der Waals surface area contributed by atoms with Gasteiger partial charge in [0.15, 0.2) is 0 Å². The second kappa shape index (κ2) is 5.56. The first-order chi connectivity index (χ1) is 11.3. The molecule has 4 fully saturated rings. The van der Waals surface area contributed by atoms with E-state index in [9.17, 15) is 9.90 Å². The first-order valence-corrected chi connectivity index (χ1v) is 10.5. The molecular weight excluding hydrogens is 296 g/mol. The van der Waals surface area contributed by atoms with Crippen LogP contribution in [-0.4, -0.2) is 17.0 Å². The minimum absolute atomic E-state index is 0.0967. The molecule has 0 aromatic rings.